The summed E-state index contributed by atoms with van der Waals surface area (Å²) >= 11 is 0. The molecule has 8 nitrogen and oxygen atoms in total. The maximum absolute atomic E-state index is 5.90. The smallest absolute Gasteiger partial charge is 0.325 e. The van der Waals surface area contributed by atoms with E-state index in [-0.39, 0.29) is 12.0 Å². The van der Waals surface area contributed by atoms with E-state index in [9.17, 15) is 0 Å². The number of nitrogens with zero attached hydrogens (tertiary/aromatic N) is 4. The van der Waals surface area contributed by atoms with Gasteiger partial charge in [0.1, 0.15) is 23.0 Å². The van der Waals surface area contributed by atoms with Gasteiger partial charge in [0, 0.05) is 36.7 Å². The Bertz CT molecular complexity index is 1070. The van der Waals surface area contributed by atoms with Gasteiger partial charge >= 0.3 is 12.0 Å². The summed E-state index contributed by atoms with van der Waals surface area (Å²) in [6.45, 7) is 3.86. The molecule has 3 heterocycles. The van der Waals surface area contributed by atoms with Gasteiger partial charge in [-0.2, -0.15) is 9.97 Å². The molecule has 0 spiro atoms. The zero-order valence-corrected chi connectivity index (χ0v) is 16.2. The van der Waals surface area contributed by atoms with Crippen molar-refractivity contribution in [2.75, 3.05) is 0 Å². The van der Waals surface area contributed by atoms with Crippen LogP contribution in [0.15, 0.2) is 60.9 Å². The van der Waals surface area contributed by atoms with Crippen LogP contribution in [0.4, 0.5) is 0 Å². The molecule has 5 rings (SSSR count). The molecule has 0 amide bonds. The van der Waals surface area contributed by atoms with Crippen molar-refractivity contribution in [1.82, 2.24) is 19.9 Å². The Morgan fingerprint density at radius 1 is 0.533 bits per heavy atom. The predicted molar refractivity (Wildman–Crippen MR) is 107 cm³/mol. The average Bonchev–Trinajstić information content (AvgIpc) is 2.67. The van der Waals surface area contributed by atoms with Gasteiger partial charge in [-0.1, -0.05) is 0 Å². The normalized spacial score (nSPS) is 12.1. The van der Waals surface area contributed by atoms with E-state index >= 15 is 0 Å². The average molecular weight is 400 g/mol. The number of benzene rings is 2. The van der Waals surface area contributed by atoms with Crippen molar-refractivity contribution in [3.8, 4) is 46.8 Å². The summed E-state index contributed by atoms with van der Waals surface area (Å²) in [7, 11) is 0. The molecular weight excluding hydrogens is 384 g/mol. The lowest BCUT2D eigenvalue weighted by molar-refractivity contribution is 0.393. The highest BCUT2D eigenvalue weighted by Crippen LogP contribution is 2.32. The zero-order valence-electron chi connectivity index (χ0n) is 16.2. The van der Waals surface area contributed by atoms with Crippen LogP contribution >= 0.6 is 0 Å². The van der Waals surface area contributed by atoms with Crippen LogP contribution in [0.1, 0.15) is 11.1 Å². The molecule has 8 bridgehead atoms. The SMILES string of the molecule is Cc1cc2cc(c1)Oc1nccc(n1)Oc1cc(C)cc(c1)Oc1nccc(n1)O2. The largest absolute Gasteiger partial charge is 0.439 e. The predicted octanol–water partition coefficient (Wildman–Crippen LogP) is 5.37. The molecule has 0 atom stereocenters. The molecule has 8 heteroatoms. The molecule has 30 heavy (non-hydrogen) atoms. The highest BCUT2D eigenvalue weighted by atomic mass is 16.5. The molecule has 2 aromatic heterocycles. The molecule has 1 aliphatic rings. The minimum atomic E-state index is 0.157. The fourth-order valence-electron chi connectivity index (χ4n) is 2.98. The molecular formula is C22H16N4O4. The van der Waals surface area contributed by atoms with Crippen molar-refractivity contribution >= 4 is 0 Å². The Hall–Kier alpha value is -4.20. The van der Waals surface area contributed by atoms with Crippen LogP contribution in [0.2, 0.25) is 0 Å². The third-order valence-corrected chi connectivity index (χ3v) is 4.13. The number of ether oxygens (including phenoxy) is 4. The molecule has 0 saturated heterocycles. The Balaban J connectivity index is 1.63. The number of fused-ring (bicyclic) bond motifs is 8. The lowest BCUT2D eigenvalue weighted by Gasteiger charge is -2.12. The maximum Gasteiger partial charge on any atom is 0.325 e. The second kappa shape index (κ2) is 7.32. The first-order valence-corrected chi connectivity index (χ1v) is 9.20. The third-order valence-electron chi connectivity index (χ3n) is 4.13. The highest BCUT2D eigenvalue weighted by molar-refractivity contribution is 5.42. The molecule has 0 fully saturated rings. The van der Waals surface area contributed by atoms with Crippen molar-refractivity contribution < 1.29 is 18.9 Å². The summed E-state index contributed by atoms with van der Waals surface area (Å²) in [4.78, 5) is 17.0. The van der Waals surface area contributed by atoms with Gasteiger partial charge in [0.15, 0.2) is 0 Å². The fraction of sp³-hybridized carbons (Fsp3) is 0.0909. The number of rotatable bonds is 0. The van der Waals surface area contributed by atoms with Crippen LogP contribution < -0.4 is 18.9 Å². The number of aromatic nitrogens is 4. The Morgan fingerprint density at radius 2 is 0.933 bits per heavy atom. The molecule has 0 saturated carbocycles. The Labute approximate surface area is 172 Å². The van der Waals surface area contributed by atoms with Crippen LogP contribution in [0, 0.1) is 13.8 Å². The van der Waals surface area contributed by atoms with E-state index in [0.29, 0.717) is 34.8 Å². The molecule has 148 valence electrons. The summed E-state index contributed by atoms with van der Waals surface area (Å²) < 4.78 is 23.5. The molecule has 0 unspecified atom stereocenters. The van der Waals surface area contributed by atoms with Crippen molar-refractivity contribution in [2.45, 2.75) is 13.8 Å². The minimum Gasteiger partial charge on any atom is -0.439 e. The molecule has 4 aromatic rings. The molecule has 2 aromatic carbocycles. The van der Waals surface area contributed by atoms with Gasteiger partial charge in [-0.3, -0.25) is 0 Å². The fourth-order valence-corrected chi connectivity index (χ4v) is 2.98. The maximum atomic E-state index is 5.90. The number of hydrogen-bond donors (Lipinski definition) is 0. The zero-order chi connectivity index (χ0) is 20.5. The minimum absolute atomic E-state index is 0.157. The van der Waals surface area contributed by atoms with Crippen LogP contribution in [-0.2, 0) is 0 Å². The van der Waals surface area contributed by atoms with E-state index in [0.717, 1.165) is 11.1 Å². The Kier molecular flexibility index (Phi) is 4.36. The summed E-state index contributed by atoms with van der Waals surface area (Å²) in [5.41, 5.74) is 1.87. The molecule has 0 radical (unpaired) electrons. The van der Waals surface area contributed by atoms with E-state index in [1.54, 1.807) is 36.7 Å². The summed E-state index contributed by atoms with van der Waals surface area (Å²) in [5, 5.41) is 0. The number of aryl methyl sites for hydroxylation is 2. The quantitative estimate of drug-likeness (QED) is 0.343. The van der Waals surface area contributed by atoms with Crippen LogP contribution in [-0.4, -0.2) is 19.9 Å². The van der Waals surface area contributed by atoms with E-state index in [4.69, 9.17) is 18.9 Å². The van der Waals surface area contributed by atoms with Gasteiger partial charge in [0.25, 0.3) is 0 Å². The van der Waals surface area contributed by atoms with Crippen molar-refractivity contribution in [2.24, 2.45) is 0 Å². The standard InChI is InChI=1S/C22H16N4O4/c1-13-7-15-11-17(9-13)29-21-23-6-4-20(26-21)28-16-8-14(2)10-18(12-16)30-22-24-5-3-19(25-22)27-15/h3-12H,1-2H3. The molecule has 0 N–H and O–H groups in total. The van der Waals surface area contributed by atoms with E-state index in [2.05, 4.69) is 19.9 Å². The van der Waals surface area contributed by atoms with Crippen LogP contribution in [0.5, 0.6) is 46.8 Å². The van der Waals surface area contributed by atoms with Gasteiger partial charge < -0.3 is 18.9 Å². The first-order chi connectivity index (χ1) is 14.6. The first kappa shape index (κ1) is 17.9. The first-order valence-electron chi connectivity index (χ1n) is 9.20. The molecule has 1 aliphatic heterocycles. The topological polar surface area (TPSA) is 88.5 Å². The van der Waals surface area contributed by atoms with Gasteiger partial charge in [-0.05, 0) is 49.2 Å². The monoisotopic (exact) mass is 400 g/mol. The van der Waals surface area contributed by atoms with Gasteiger partial charge in [-0.25, -0.2) is 9.97 Å². The van der Waals surface area contributed by atoms with E-state index in [1.807, 2.05) is 38.1 Å². The lowest BCUT2D eigenvalue weighted by atomic mass is 10.2. The second-order valence-electron chi connectivity index (χ2n) is 6.73. The van der Waals surface area contributed by atoms with Crippen LogP contribution in [0.3, 0.4) is 0 Å². The third kappa shape index (κ3) is 3.97. The number of hydrogen-bond acceptors (Lipinski definition) is 8. The van der Waals surface area contributed by atoms with Gasteiger partial charge in [0.2, 0.25) is 11.8 Å². The van der Waals surface area contributed by atoms with Crippen LogP contribution in [0.25, 0.3) is 0 Å². The van der Waals surface area contributed by atoms with Gasteiger partial charge in [0.05, 0.1) is 0 Å². The summed E-state index contributed by atoms with van der Waals surface area (Å²) in [5.74, 6) is 2.83. The van der Waals surface area contributed by atoms with Crippen molar-refractivity contribution in [3.05, 3.63) is 72.1 Å². The van der Waals surface area contributed by atoms with Gasteiger partial charge in [-0.15, -0.1) is 0 Å². The summed E-state index contributed by atoms with van der Waals surface area (Å²) in [6.07, 6.45) is 3.14. The van der Waals surface area contributed by atoms with Crippen molar-refractivity contribution in [3.63, 3.8) is 0 Å². The Morgan fingerprint density at radius 3 is 1.37 bits per heavy atom. The second-order valence-corrected chi connectivity index (χ2v) is 6.73. The highest BCUT2D eigenvalue weighted by Gasteiger charge is 2.11. The van der Waals surface area contributed by atoms with E-state index < -0.39 is 0 Å². The van der Waals surface area contributed by atoms with Crippen molar-refractivity contribution in [1.29, 1.82) is 0 Å². The lowest BCUT2D eigenvalue weighted by Crippen LogP contribution is -1.98. The van der Waals surface area contributed by atoms with E-state index in [1.165, 1.54) is 0 Å². The molecule has 0 aliphatic carbocycles. The summed E-state index contributed by atoms with van der Waals surface area (Å²) in [6, 6.07) is 14.5.